The Labute approximate surface area is 137 Å². The molecule has 5 nitrogen and oxygen atoms in total. The van der Waals surface area contributed by atoms with E-state index in [0.717, 1.165) is 16.6 Å². The number of rotatable bonds is 3. The van der Waals surface area contributed by atoms with Crippen LogP contribution in [0.3, 0.4) is 0 Å². The van der Waals surface area contributed by atoms with Gasteiger partial charge < -0.3 is 9.64 Å². The van der Waals surface area contributed by atoms with Gasteiger partial charge in [-0.05, 0) is 35.0 Å². The van der Waals surface area contributed by atoms with Crippen LogP contribution in [-0.4, -0.2) is 40.0 Å². The minimum absolute atomic E-state index is 0.0154. The van der Waals surface area contributed by atoms with Crippen LogP contribution >= 0.6 is 15.9 Å². The fourth-order valence-electron chi connectivity index (χ4n) is 2.47. The summed E-state index contributed by atoms with van der Waals surface area (Å²) in [5.74, 6) is 0.598. The van der Waals surface area contributed by atoms with Crippen molar-refractivity contribution in [3.63, 3.8) is 0 Å². The molecule has 0 spiro atoms. The monoisotopic (exact) mass is 361 g/mol. The average molecular weight is 362 g/mol. The summed E-state index contributed by atoms with van der Waals surface area (Å²) in [7, 11) is 0. The van der Waals surface area contributed by atoms with Gasteiger partial charge in [-0.2, -0.15) is 0 Å². The average Bonchev–Trinajstić information content (AvgIpc) is 2.95. The SMILES string of the molecule is Cc1cccc(OC2CCN(C(=O)c3cncc(Br)c3)C2)n1. The van der Waals surface area contributed by atoms with Crippen molar-refractivity contribution in [2.24, 2.45) is 0 Å². The molecule has 1 unspecified atom stereocenters. The second-order valence-electron chi connectivity index (χ2n) is 5.29. The molecule has 0 aliphatic carbocycles. The molecule has 0 N–H and O–H groups in total. The van der Waals surface area contributed by atoms with Crippen LogP contribution < -0.4 is 4.74 Å². The summed E-state index contributed by atoms with van der Waals surface area (Å²) >= 11 is 3.34. The molecular weight excluding hydrogens is 346 g/mol. The quantitative estimate of drug-likeness (QED) is 0.843. The summed E-state index contributed by atoms with van der Waals surface area (Å²) < 4.78 is 6.67. The Morgan fingerprint density at radius 1 is 1.41 bits per heavy atom. The fraction of sp³-hybridized carbons (Fsp3) is 0.312. The van der Waals surface area contributed by atoms with Gasteiger partial charge in [-0.3, -0.25) is 9.78 Å². The number of aryl methyl sites for hydroxylation is 1. The number of ether oxygens (including phenoxy) is 1. The molecule has 22 heavy (non-hydrogen) atoms. The maximum Gasteiger partial charge on any atom is 0.255 e. The van der Waals surface area contributed by atoms with Crippen molar-refractivity contribution in [2.45, 2.75) is 19.4 Å². The Bertz CT molecular complexity index is 693. The molecule has 3 rings (SSSR count). The maximum atomic E-state index is 12.4. The summed E-state index contributed by atoms with van der Waals surface area (Å²) in [5, 5.41) is 0. The standard InChI is InChI=1S/C16H16BrN3O2/c1-11-3-2-4-15(19-11)22-14-5-6-20(10-14)16(21)12-7-13(17)9-18-8-12/h2-4,7-9,14H,5-6,10H2,1H3. The first-order chi connectivity index (χ1) is 10.6. The highest BCUT2D eigenvalue weighted by Crippen LogP contribution is 2.19. The van der Waals surface area contributed by atoms with Crippen molar-refractivity contribution in [3.05, 3.63) is 52.4 Å². The van der Waals surface area contributed by atoms with E-state index in [-0.39, 0.29) is 12.0 Å². The van der Waals surface area contributed by atoms with Crippen molar-refractivity contribution in [3.8, 4) is 5.88 Å². The van der Waals surface area contributed by atoms with Gasteiger partial charge in [-0.15, -0.1) is 0 Å². The zero-order valence-electron chi connectivity index (χ0n) is 12.2. The first-order valence-corrected chi connectivity index (χ1v) is 7.91. The van der Waals surface area contributed by atoms with Crippen LogP contribution in [0.1, 0.15) is 22.5 Å². The molecular formula is C16H16BrN3O2. The Balaban J connectivity index is 1.63. The molecule has 0 radical (unpaired) electrons. The Morgan fingerprint density at radius 3 is 3.05 bits per heavy atom. The first kappa shape index (κ1) is 15.0. The van der Waals surface area contributed by atoms with Gasteiger partial charge in [-0.25, -0.2) is 4.98 Å². The summed E-state index contributed by atoms with van der Waals surface area (Å²) in [6.07, 6.45) is 4.04. The summed E-state index contributed by atoms with van der Waals surface area (Å²) in [4.78, 5) is 22.6. The van der Waals surface area contributed by atoms with Crippen LogP contribution in [0, 0.1) is 6.92 Å². The molecule has 1 atom stereocenters. The zero-order valence-corrected chi connectivity index (χ0v) is 13.8. The fourth-order valence-corrected chi connectivity index (χ4v) is 2.84. The zero-order chi connectivity index (χ0) is 15.5. The summed E-state index contributed by atoms with van der Waals surface area (Å²) in [6, 6.07) is 7.47. The number of carbonyl (C=O) groups excluding carboxylic acids is 1. The van der Waals surface area contributed by atoms with Gasteiger partial charge in [0.1, 0.15) is 6.10 Å². The van der Waals surface area contributed by atoms with Crippen LogP contribution in [0.5, 0.6) is 5.88 Å². The topological polar surface area (TPSA) is 55.3 Å². The van der Waals surface area contributed by atoms with E-state index in [9.17, 15) is 4.79 Å². The Morgan fingerprint density at radius 2 is 2.27 bits per heavy atom. The van der Waals surface area contributed by atoms with Crippen molar-refractivity contribution in [1.29, 1.82) is 0 Å². The molecule has 2 aromatic rings. The predicted molar refractivity (Wildman–Crippen MR) is 85.8 cm³/mol. The highest BCUT2D eigenvalue weighted by molar-refractivity contribution is 9.10. The van der Waals surface area contributed by atoms with E-state index in [1.165, 1.54) is 0 Å². The number of aromatic nitrogens is 2. The van der Waals surface area contributed by atoms with E-state index in [2.05, 4.69) is 25.9 Å². The molecule has 1 saturated heterocycles. The van der Waals surface area contributed by atoms with Crippen molar-refractivity contribution in [2.75, 3.05) is 13.1 Å². The van der Waals surface area contributed by atoms with Gasteiger partial charge in [-0.1, -0.05) is 6.07 Å². The number of halogens is 1. The molecule has 6 heteroatoms. The molecule has 3 heterocycles. The predicted octanol–water partition coefficient (Wildman–Crippen LogP) is 2.84. The lowest BCUT2D eigenvalue weighted by atomic mass is 10.2. The lowest BCUT2D eigenvalue weighted by molar-refractivity contribution is 0.0770. The van der Waals surface area contributed by atoms with Crippen LogP contribution in [0.2, 0.25) is 0 Å². The highest BCUT2D eigenvalue weighted by Gasteiger charge is 2.28. The number of pyridine rings is 2. The molecule has 1 aliphatic rings. The third-order valence-electron chi connectivity index (χ3n) is 3.53. The van der Waals surface area contributed by atoms with Crippen LogP contribution in [-0.2, 0) is 0 Å². The molecule has 114 valence electrons. The second-order valence-corrected chi connectivity index (χ2v) is 6.20. The largest absolute Gasteiger partial charge is 0.472 e. The smallest absolute Gasteiger partial charge is 0.255 e. The van der Waals surface area contributed by atoms with Crippen LogP contribution in [0.4, 0.5) is 0 Å². The number of hydrogen-bond acceptors (Lipinski definition) is 4. The molecule has 0 bridgehead atoms. The van der Waals surface area contributed by atoms with Crippen LogP contribution in [0.15, 0.2) is 41.1 Å². The lowest BCUT2D eigenvalue weighted by Gasteiger charge is -2.17. The minimum atomic E-state index is -0.0166. The van der Waals surface area contributed by atoms with E-state index in [1.807, 2.05) is 25.1 Å². The van der Waals surface area contributed by atoms with E-state index < -0.39 is 0 Å². The van der Waals surface area contributed by atoms with E-state index in [0.29, 0.717) is 24.5 Å². The second kappa shape index (κ2) is 6.44. The summed E-state index contributed by atoms with van der Waals surface area (Å²) in [5.41, 5.74) is 1.51. The Hall–Kier alpha value is -1.95. The van der Waals surface area contributed by atoms with E-state index >= 15 is 0 Å². The third kappa shape index (κ3) is 3.44. The number of carbonyl (C=O) groups is 1. The third-order valence-corrected chi connectivity index (χ3v) is 3.97. The van der Waals surface area contributed by atoms with Gasteiger partial charge >= 0.3 is 0 Å². The molecule has 2 aromatic heterocycles. The number of nitrogens with zero attached hydrogens (tertiary/aromatic N) is 3. The van der Waals surface area contributed by atoms with Crippen molar-refractivity contribution >= 4 is 21.8 Å². The number of hydrogen-bond donors (Lipinski definition) is 0. The van der Waals surface area contributed by atoms with Gasteiger partial charge in [0.2, 0.25) is 5.88 Å². The highest BCUT2D eigenvalue weighted by atomic mass is 79.9. The van der Waals surface area contributed by atoms with E-state index in [4.69, 9.17) is 4.74 Å². The summed E-state index contributed by atoms with van der Waals surface area (Å²) in [6.45, 7) is 3.18. The molecule has 1 fully saturated rings. The maximum absolute atomic E-state index is 12.4. The number of likely N-dealkylation sites (tertiary alicyclic amines) is 1. The molecule has 1 amide bonds. The van der Waals surface area contributed by atoms with Gasteiger partial charge in [0.25, 0.3) is 5.91 Å². The normalized spacial score (nSPS) is 17.5. The number of amides is 1. The van der Waals surface area contributed by atoms with Gasteiger partial charge in [0.15, 0.2) is 0 Å². The lowest BCUT2D eigenvalue weighted by Crippen LogP contribution is -2.31. The minimum Gasteiger partial charge on any atom is -0.472 e. The Kier molecular flexibility index (Phi) is 4.38. The van der Waals surface area contributed by atoms with Crippen molar-refractivity contribution < 1.29 is 9.53 Å². The first-order valence-electron chi connectivity index (χ1n) is 7.12. The molecule has 0 aromatic carbocycles. The van der Waals surface area contributed by atoms with E-state index in [1.54, 1.807) is 23.4 Å². The van der Waals surface area contributed by atoms with Crippen LogP contribution in [0.25, 0.3) is 0 Å². The van der Waals surface area contributed by atoms with Crippen molar-refractivity contribution in [1.82, 2.24) is 14.9 Å². The van der Waals surface area contributed by atoms with Gasteiger partial charge in [0, 0.05) is 41.6 Å². The molecule has 1 aliphatic heterocycles. The molecule has 0 saturated carbocycles. The van der Waals surface area contributed by atoms with Gasteiger partial charge in [0.05, 0.1) is 12.1 Å².